The van der Waals surface area contributed by atoms with E-state index in [2.05, 4.69) is 15.1 Å². The Kier molecular flexibility index (Phi) is 6.81. The van der Waals surface area contributed by atoms with Crippen LogP contribution in [-0.2, 0) is 30.1 Å². The van der Waals surface area contributed by atoms with Crippen molar-refractivity contribution >= 4 is 36.0 Å². The van der Waals surface area contributed by atoms with Crippen LogP contribution in [0.2, 0.25) is 5.28 Å². The summed E-state index contributed by atoms with van der Waals surface area (Å²) < 4.78 is 36.3. The Hall–Kier alpha value is -2.15. The van der Waals surface area contributed by atoms with Gasteiger partial charge in [0.2, 0.25) is 5.28 Å². The fraction of sp³-hybridized carbons (Fsp3) is 0.500. The summed E-state index contributed by atoms with van der Waals surface area (Å²) in [5.41, 5.74) is 1.56. The number of benzene rings is 1. The summed E-state index contributed by atoms with van der Waals surface area (Å²) in [6.07, 6.45) is -1.56. The zero-order valence-corrected chi connectivity index (χ0v) is 21.5. The van der Waals surface area contributed by atoms with Crippen molar-refractivity contribution < 1.29 is 33.3 Å². The van der Waals surface area contributed by atoms with E-state index >= 15 is 0 Å². The van der Waals surface area contributed by atoms with Crippen molar-refractivity contribution in [3.63, 3.8) is 0 Å². The molecule has 14 heteroatoms. The van der Waals surface area contributed by atoms with Crippen LogP contribution in [0, 0.1) is 0 Å². The molecule has 2 aromatic heterocycles. The van der Waals surface area contributed by atoms with Crippen molar-refractivity contribution in [3.05, 3.63) is 47.4 Å². The highest BCUT2D eigenvalue weighted by atomic mass is 35.5. The molecule has 12 nitrogen and oxygen atoms in total. The minimum atomic E-state index is -4.32. The maximum atomic E-state index is 11.2. The highest BCUT2D eigenvalue weighted by molar-refractivity contribution is 7.51. The minimum Gasteiger partial charge on any atom is -0.366 e. The normalized spacial score (nSPS) is 25.4. The summed E-state index contributed by atoms with van der Waals surface area (Å²) in [4.78, 5) is 29.1. The number of hydrogen-bond donors (Lipinski definition) is 2. The first-order chi connectivity index (χ1) is 17.0. The van der Waals surface area contributed by atoms with Crippen molar-refractivity contribution in [1.82, 2.24) is 19.7 Å². The quantitative estimate of drug-likeness (QED) is 0.322. The van der Waals surface area contributed by atoms with Gasteiger partial charge in [0.05, 0.1) is 18.2 Å². The van der Waals surface area contributed by atoms with Gasteiger partial charge in [-0.3, -0.25) is 4.57 Å². The van der Waals surface area contributed by atoms with Gasteiger partial charge >= 0.3 is 7.60 Å². The molecule has 0 amide bonds. The molecule has 0 spiro atoms. The number of aromatic nitrogens is 4. The number of nitrogens with zero attached hydrogens (tertiary/aromatic N) is 5. The molecule has 3 aromatic rings. The first-order valence-corrected chi connectivity index (χ1v) is 13.5. The average Bonchev–Trinajstić information content (AvgIpc) is 3.44. The fourth-order valence-corrected chi connectivity index (χ4v) is 5.08. The second-order valence-electron chi connectivity index (χ2n) is 9.28. The smallest absolute Gasteiger partial charge is 0.350 e. The molecule has 36 heavy (non-hydrogen) atoms. The third kappa shape index (κ3) is 5.27. The maximum absolute atomic E-state index is 11.2. The van der Waals surface area contributed by atoms with Gasteiger partial charge in [-0.1, -0.05) is 30.3 Å². The largest absolute Gasteiger partial charge is 0.366 e. The predicted octanol–water partition coefficient (Wildman–Crippen LogP) is 2.69. The van der Waals surface area contributed by atoms with Gasteiger partial charge in [-0.2, -0.15) is 15.1 Å². The second kappa shape index (κ2) is 9.62. The Labute approximate surface area is 212 Å². The van der Waals surface area contributed by atoms with Gasteiger partial charge in [0, 0.05) is 13.6 Å². The topological polar surface area (TPSA) is 141 Å². The van der Waals surface area contributed by atoms with E-state index in [1.54, 1.807) is 24.7 Å². The van der Waals surface area contributed by atoms with Crippen molar-refractivity contribution in [2.24, 2.45) is 0 Å². The van der Waals surface area contributed by atoms with Crippen LogP contribution in [0.25, 0.3) is 11.0 Å². The Balaban J connectivity index is 1.44. The van der Waals surface area contributed by atoms with Gasteiger partial charge in [-0.05, 0) is 31.0 Å². The molecule has 0 bridgehead atoms. The Morgan fingerprint density at radius 2 is 1.92 bits per heavy atom. The summed E-state index contributed by atoms with van der Waals surface area (Å²) in [6.45, 7) is 4.07. The molecule has 194 valence electrons. The molecule has 0 aliphatic carbocycles. The third-order valence-corrected chi connectivity index (χ3v) is 6.63. The lowest BCUT2D eigenvalue weighted by molar-refractivity contribution is -0.202. The van der Waals surface area contributed by atoms with E-state index in [1.165, 1.54) is 0 Å². The Morgan fingerprint density at radius 1 is 1.19 bits per heavy atom. The second-order valence-corrected chi connectivity index (χ2v) is 11.2. The van der Waals surface area contributed by atoms with Crippen LogP contribution >= 0.6 is 19.2 Å². The molecule has 0 saturated carbocycles. The molecule has 0 radical (unpaired) electrons. The zero-order valence-electron chi connectivity index (χ0n) is 19.9. The molecule has 2 aliphatic rings. The Morgan fingerprint density at radius 3 is 2.64 bits per heavy atom. The van der Waals surface area contributed by atoms with Crippen LogP contribution in [0.5, 0.6) is 0 Å². The van der Waals surface area contributed by atoms with E-state index in [0.29, 0.717) is 23.4 Å². The molecule has 5 rings (SSSR count). The lowest BCUT2D eigenvalue weighted by Gasteiger charge is -2.24. The molecular weight excluding hydrogens is 513 g/mol. The molecule has 2 aliphatic heterocycles. The molecule has 2 saturated heterocycles. The molecule has 1 aromatic carbocycles. The molecule has 4 heterocycles. The molecule has 4 atom stereocenters. The van der Waals surface area contributed by atoms with Crippen molar-refractivity contribution in [1.29, 1.82) is 0 Å². The SMILES string of the molecule is CN(Cc1ccccc1)c1nc(Cl)nc2c1cnn2[C@@H]1O[C@H](COCP(=O)(O)O)[C@H]2OC(C)(C)O[C@H]21. The number of ether oxygens (including phenoxy) is 4. The minimum absolute atomic E-state index is 0.0548. The van der Waals surface area contributed by atoms with E-state index in [9.17, 15) is 4.57 Å². The van der Waals surface area contributed by atoms with E-state index in [1.807, 2.05) is 42.3 Å². The van der Waals surface area contributed by atoms with Crippen LogP contribution in [0.4, 0.5) is 5.82 Å². The molecular formula is C22H27ClN5O7P. The monoisotopic (exact) mass is 539 g/mol. The lowest BCUT2D eigenvalue weighted by Crippen LogP contribution is -2.33. The zero-order chi connectivity index (χ0) is 25.7. The fourth-order valence-electron chi connectivity index (χ4n) is 4.57. The summed E-state index contributed by atoms with van der Waals surface area (Å²) in [6, 6.07) is 9.97. The summed E-state index contributed by atoms with van der Waals surface area (Å²) >= 11 is 6.32. The molecule has 2 fully saturated rings. The number of fused-ring (bicyclic) bond motifs is 2. The number of hydrogen-bond acceptors (Lipinski definition) is 9. The van der Waals surface area contributed by atoms with Crippen LogP contribution in [0.3, 0.4) is 0 Å². The van der Waals surface area contributed by atoms with Crippen molar-refractivity contribution in [3.8, 4) is 0 Å². The third-order valence-electron chi connectivity index (χ3n) is 5.94. The van der Waals surface area contributed by atoms with E-state index in [0.717, 1.165) is 5.56 Å². The number of rotatable bonds is 8. The predicted molar refractivity (Wildman–Crippen MR) is 129 cm³/mol. The number of halogens is 1. The Bertz CT molecular complexity index is 1290. The average molecular weight is 540 g/mol. The van der Waals surface area contributed by atoms with E-state index in [-0.39, 0.29) is 11.9 Å². The standard InChI is InChI=1S/C22H27ClN5O7P/c1-22(2)34-16-15(11-32-12-36(29,30)31)33-20(17(16)35-22)28-19-14(9-24-28)18(25-21(23)26-19)27(3)10-13-7-5-4-6-8-13/h4-9,15-17,20H,10-12H2,1-3H3,(H2,29,30,31)/t15-,16-,17-,20-/m1/s1. The summed E-state index contributed by atoms with van der Waals surface area (Å²) in [7, 11) is -2.41. The van der Waals surface area contributed by atoms with E-state index in [4.69, 9.17) is 40.3 Å². The maximum Gasteiger partial charge on any atom is 0.350 e. The van der Waals surface area contributed by atoms with Gasteiger partial charge < -0.3 is 33.6 Å². The van der Waals surface area contributed by atoms with Gasteiger partial charge in [0.1, 0.15) is 30.5 Å². The van der Waals surface area contributed by atoms with Crippen LogP contribution in [0.15, 0.2) is 36.5 Å². The van der Waals surface area contributed by atoms with E-state index < -0.39 is 44.3 Å². The van der Waals surface area contributed by atoms with Crippen molar-refractivity contribution in [2.45, 2.75) is 50.7 Å². The van der Waals surface area contributed by atoms with Gasteiger partial charge in [-0.15, -0.1) is 0 Å². The van der Waals surface area contributed by atoms with Gasteiger partial charge in [-0.25, -0.2) is 4.68 Å². The van der Waals surface area contributed by atoms with Crippen LogP contribution in [0.1, 0.15) is 25.6 Å². The summed E-state index contributed by atoms with van der Waals surface area (Å²) in [5.74, 6) is -0.282. The highest BCUT2D eigenvalue weighted by Crippen LogP contribution is 2.44. The lowest BCUT2D eigenvalue weighted by atomic mass is 10.1. The first kappa shape index (κ1) is 25.5. The summed E-state index contributed by atoms with van der Waals surface area (Å²) in [5, 5.41) is 5.27. The molecule has 2 N–H and O–H groups in total. The number of anilines is 1. The van der Waals surface area contributed by atoms with Crippen molar-refractivity contribution in [2.75, 3.05) is 24.9 Å². The van der Waals surface area contributed by atoms with Crippen LogP contribution in [-0.4, -0.2) is 73.6 Å². The highest BCUT2D eigenvalue weighted by Gasteiger charge is 2.56. The van der Waals surface area contributed by atoms with Gasteiger partial charge in [0.25, 0.3) is 0 Å². The molecule has 0 unspecified atom stereocenters. The first-order valence-electron chi connectivity index (χ1n) is 11.3. The van der Waals surface area contributed by atoms with Gasteiger partial charge in [0.15, 0.2) is 17.7 Å². The van der Waals surface area contributed by atoms with Crippen LogP contribution < -0.4 is 4.90 Å².